The highest BCUT2D eigenvalue weighted by Gasteiger charge is 2.40. The van der Waals surface area contributed by atoms with Crippen LogP contribution in [0.4, 0.5) is 0 Å². The van der Waals surface area contributed by atoms with Crippen LogP contribution in [0.5, 0.6) is 5.75 Å². The maximum absolute atomic E-state index is 14.9. The maximum atomic E-state index is 14.9. The number of hydrogen-bond acceptors (Lipinski definition) is 15. The quantitative estimate of drug-likeness (QED) is 0.0153. The summed E-state index contributed by atoms with van der Waals surface area (Å²) in [6.07, 6.45) is -0.00396. The van der Waals surface area contributed by atoms with E-state index in [0.29, 0.717) is 49.3 Å². The lowest BCUT2D eigenvalue weighted by Crippen LogP contribution is -2.61. The molecule has 21 N–H and O–H groups in total. The predicted molar refractivity (Wildman–Crippen MR) is 332 cm³/mol. The first-order valence-electron chi connectivity index (χ1n) is 29.8. The molecule has 2 heterocycles. The van der Waals surface area contributed by atoms with Gasteiger partial charge in [-0.3, -0.25) is 62.8 Å². The lowest BCUT2D eigenvalue weighted by molar-refractivity contribution is -0.142. The fourth-order valence-corrected chi connectivity index (χ4v) is 10.3. The van der Waals surface area contributed by atoms with Gasteiger partial charge < -0.3 is 86.9 Å². The number of phenols is 1. The summed E-state index contributed by atoms with van der Waals surface area (Å²) in [5.41, 5.74) is 34.8. The molecule has 0 bridgehead atoms. The maximum Gasteiger partial charge on any atom is 0.245 e. The normalized spacial score (nSPS) is 16.3. The first kappa shape index (κ1) is 70.4. The Labute approximate surface area is 517 Å². The Bertz CT molecular complexity index is 2920. The molecule has 0 unspecified atom stereocenters. The second-order valence-electron chi connectivity index (χ2n) is 22.6. The van der Waals surface area contributed by atoms with E-state index in [9.17, 15) is 53.1 Å². The molecule has 5 rings (SSSR count). The van der Waals surface area contributed by atoms with E-state index in [2.05, 4.69) is 52.5 Å². The third-order valence-electron chi connectivity index (χ3n) is 14.8. The number of aliphatic imine (C=N–C) groups is 2. The third-order valence-corrected chi connectivity index (χ3v) is 14.8. The highest BCUT2D eigenvalue weighted by atomic mass is 16.3. The van der Waals surface area contributed by atoms with Gasteiger partial charge in [0.2, 0.25) is 59.1 Å². The molecule has 3 aromatic carbocycles. The van der Waals surface area contributed by atoms with Crippen LogP contribution in [0.1, 0.15) is 81.9 Å². The Balaban J connectivity index is 1.41. The highest BCUT2D eigenvalue weighted by Crippen LogP contribution is 2.22. The van der Waals surface area contributed by atoms with Gasteiger partial charge in [0.15, 0.2) is 11.9 Å². The lowest BCUT2D eigenvalue weighted by atomic mass is 9.99. The molecule has 0 aromatic heterocycles. The van der Waals surface area contributed by atoms with Crippen LogP contribution in [0, 0.1) is 5.92 Å². The Morgan fingerprint density at radius 1 is 0.551 bits per heavy atom. The monoisotopic (exact) mass is 1240 g/mol. The topological polar surface area (TPSA) is 474 Å². The molecule has 2 fully saturated rings. The van der Waals surface area contributed by atoms with E-state index in [1.807, 2.05) is 18.7 Å². The molecule has 2 aliphatic rings. The van der Waals surface area contributed by atoms with Crippen LogP contribution < -0.4 is 76.9 Å². The molecule has 8 atom stereocenters. The number of aromatic hydroxyl groups is 1. The summed E-state index contributed by atoms with van der Waals surface area (Å²) < 4.78 is 0. The zero-order chi connectivity index (χ0) is 65.0. The van der Waals surface area contributed by atoms with Crippen molar-refractivity contribution in [3.05, 3.63) is 102 Å². The van der Waals surface area contributed by atoms with Crippen molar-refractivity contribution in [3.63, 3.8) is 0 Å². The SMILES string of the molecule is CC(C)C[C@H](NC(=O)[C@H](Cc1ccccc1)NC(=O)[C@H](Cc1ccc(O)cc1)NC(=O)CN1CCNCC1)C(=O)N[C@@H](Cc1ccccc1)C(=O)N[C@@H](CCCN=C(N)N)C(=O)N1CCC[C@H]1C(=O)N[C@@H](CCCN=C(N)N)C(=O)N[C@@H](CC(N)=O)C(N)=O. The number of nitrogens with two attached hydrogens (primary N) is 6. The molecule has 0 radical (unpaired) electrons. The Hall–Kier alpha value is -9.38. The molecule has 2 aliphatic heterocycles. The Morgan fingerprint density at radius 2 is 1.00 bits per heavy atom. The minimum atomic E-state index is -1.50. The van der Waals surface area contributed by atoms with Crippen LogP contribution in [-0.2, 0) is 67.2 Å². The minimum Gasteiger partial charge on any atom is -0.508 e. The predicted octanol–water partition coefficient (Wildman–Crippen LogP) is -3.78. The number of rotatable bonds is 35. The van der Waals surface area contributed by atoms with Gasteiger partial charge in [0, 0.05) is 65.1 Å². The summed E-state index contributed by atoms with van der Waals surface area (Å²) in [6, 6.07) is 13.3. The molecule has 10 amide bonds. The van der Waals surface area contributed by atoms with E-state index in [1.54, 1.807) is 72.8 Å². The lowest BCUT2D eigenvalue weighted by Gasteiger charge is -2.31. The Morgan fingerprint density at radius 3 is 1.49 bits per heavy atom. The number of hydrogen-bond donors (Lipinski definition) is 15. The molecule has 3 aromatic rings. The number of guanidine groups is 2. The van der Waals surface area contributed by atoms with Gasteiger partial charge in [-0.05, 0) is 79.7 Å². The van der Waals surface area contributed by atoms with Gasteiger partial charge in [-0.25, -0.2) is 0 Å². The van der Waals surface area contributed by atoms with Crippen molar-refractivity contribution in [3.8, 4) is 5.75 Å². The summed E-state index contributed by atoms with van der Waals surface area (Å²) in [5, 5.41) is 32.5. The van der Waals surface area contributed by atoms with Gasteiger partial charge in [0.1, 0.15) is 54.1 Å². The van der Waals surface area contributed by atoms with Crippen molar-refractivity contribution in [2.75, 3.05) is 52.4 Å². The van der Waals surface area contributed by atoms with Crippen molar-refractivity contribution >= 4 is 71.0 Å². The fraction of sp³-hybridized carbons (Fsp3) is 0.500. The van der Waals surface area contributed by atoms with Gasteiger partial charge in [-0.1, -0.05) is 86.6 Å². The van der Waals surface area contributed by atoms with E-state index >= 15 is 0 Å². The average molecular weight is 1240 g/mol. The second kappa shape index (κ2) is 36.1. The van der Waals surface area contributed by atoms with Gasteiger partial charge >= 0.3 is 0 Å². The van der Waals surface area contributed by atoms with E-state index in [0.717, 1.165) is 0 Å². The number of benzene rings is 3. The van der Waals surface area contributed by atoms with Crippen LogP contribution in [0.25, 0.3) is 0 Å². The smallest absolute Gasteiger partial charge is 0.245 e. The molecule has 29 nitrogen and oxygen atoms in total. The van der Waals surface area contributed by atoms with Crippen molar-refractivity contribution in [1.82, 2.24) is 52.3 Å². The van der Waals surface area contributed by atoms with Crippen LogP contribution in [0.2, 0.25) is 0 Å². The number of piperazine rings is 1. The van der Waals surface area contributed by atoms with Gasteiger partial charge in [-0.2, -0.15) is 0 Å². The molecular formula is C60H88N18O11. The standard InChI is InChI=1S/C60H88N18O11/c1-36(2)30-44(74-56(87)47(32-38-14-7-4-8-15-38)76-54(85)45(33-39-19-21-40(79)22-20-39)70-50(81)35-77-28-25-67-26-29-77)53(84)75-46(31-37-12-5-3-6-13-37)55(86)72-42(17-10-24-69-60(65)66)58(89)78-27-11-18-48(78)57(88)71-41(16-9-23-68-59(63)64)52(83)73-43(51(62)82)34-49(61)80/h3-8,12-15,19-22,36,41-48,67,79H,9-11,16-18,23-35H2,1-2H3,(H2,61,80)(H2,62,82)(H,70,81)(H,71,88)(H,72,86)(H,73,83)(H,74,87)(H,75,84)(H,76,85)(H4,63,64,68)(H4,65,66,69)/t41-,42-,43-,44-,45-,46-,47-,48-/m0/s1. The van der Waals surface area contributed by atoms with E-state index in [1.165, 1.54) is 17.0 Å². The van der Waals surface area contributed by atoms with E-state index in [-0.39, 0.29) is 108 Å². The van der Waals surface area contributed by atoms with Crippen molar-refractivity contribution < 1.29 is 53.1 Å². The molecule has 484 valence electrons. The largest absolute Gasteiger partial charge is 0.508 e. The highest BCUT2D eigenvalue weighted by molar-refractivity contribution is 5.99. The first-order chi connectivity index (χ1) is 42.4. The number of carbonyl (C=O) groups is 10. The summed E-state index contributed by atoms with van der Waals surface area (Å²) in [7, 11) is 0. The van der Waals surface area contributed by atoms with E-state index in [4.69, 9.17) is 34.4 Å². The van der Waals surface area contributed by atoms with Gasteiger partial charge in [0.25, 0.3) is 0 Å². The zero-order valence-corrected chi connectivity index (χ0v) is 50.5. The van der Waals surface area contributed by atoms with Crippen LogP contribution in [-0.4, -0.2) is 187 Å². The second-order valence-corrected chi connectivity index (χ2v) is 22.6. The molecule has 0 aliphatic carbocycles. The summed E-state index contributed by atoms with van der Waals surface area (Å²) in [6.45, 7) is 6.48. The van der Waals surface area contributed by atoms with Crippen LogP contribution >= 0.6 is 0 Å². The number of carbonyl (C=O) groups excluding carboxylic acids is 10. The number of nitrogens with zero attached hydrogens (tertiary/aromatic N) is 4. The van der Waals surface area contributed by atoms with Crippen molar-refractivity contribution in [1.29, 1.82) is 0 Å². The van der Waals surface area contributed by atoms with Crippen molar-refractivity contribution in [2.45, 2.75) is 133 Å². The van der Waals surface area contributed by atoms with Crippen LogP contribution in [0.3, 0.4) is 0 Å². The molecule has 0 saturated carbocycles. The summed E-state index contributed by atoms with van der Waals surface area (Å²) in [5.74, 6) is -8.35. The number of nitrogens with one attached hydrogen (secondary N) is 8. The Kier molecular flexibility index (Phi) is 28.5. The first-order valence-corrected chi connectivity index (χ1v) is 29.8. The third kappa shape index (κ3) is 24.7. The molecule has 2 saturated heterocycles. The molecule has 29 heteroatoms. The van der Waals surface area contributed by atoms with Crippen LogP contribution in [0.15, 0.2) is 94.9 Å². The summed E-state index contributed by atoms with van der Waals surface area (Å²) >= 11 is 0. The number of amides is 10. The molecule has 0 spiro atoms. The van der Waals surface area contributed by atoms with Gasteiger partial charge in [-0.15, -0.1) is 0 Å². The minimum absolute atomic E-state index is 0.00513. The number of likely N-dealkylation sites (tertiary alicyclic amines) is 1. The molecular weight excluding hydrogens is 1150 g/mol. The summed E-state index contributed by atoms with van der Waals surface area (Å²) in [4.78, 5) is 150. The molecule has 89 heavy (non-hydrogen) atoms. The zero-order valence-electron chi connectivity index (χ0n) is 50.5. The number of primary amides is 2. The van der Waals surface area contributed by atoms with Gasteiger partial charge in [0.05, 0.1) is 13.0 Å². The fourth-order valence-electron chi connectivity index (χ4n) is 10.3. The number of phenolic OH excluding ortho intramolecular Hbond substituents is 1. The average Bonchev–Trinajstić information content (AvgIpc) is 4.25. The van der Waals surface area contributed by atoms with Crippen molar-refractivity contribution in [2.24, 2.45) is 50.3 Å². The van der Waals surface area contributed by atoms with E-state index < -0.39 is 114 Å².